The highest BCUT2D eigenvalue weighted by Crippen LogP contribution is 2.17. The Hall–Kier alpha value is -0.610. The van der Waals surface area contributed by atoms with Crippen molar-refractivity contribution in [1.29, 1.82) is 0 Å². The number of hydrogen-bond acceptors (Lipinski definition) is 4. The van der Waals surface area contributed by atoms with Gasteiger partial charge in [-0.25, -0.2) is 0 Å². The van der Waals surface area contributed by atoms with Gasteiger partial charge in [0.2, 0.25) is 0 Å². The summed E-state index contributed by atoms with van der Waals surface area (Å²) in [5.41, 5.74) is -0.521. The van der Waals surface area contributed by atoms with Gasteiger partial charge in [-0.2, -0.15) is 0 Å². The molecule has 1 unspecified atom stereocenters. The number of rotatable bonds is 9. The van der Waals surface area contributed by atoms with Gasteiger partial charge in [-0.05, 0) is 71.6 Å². The number of nitrogens with one attached hydrogen (secondary N) is 1. The van der Waals surface area contributed by atoms with Crippen LogP contribution in [0.2, 0.25) is 0 Å². The molecule has 0 saturated carbocycles. The van der Waals surface area contributed by atoms with Crippen LogP contribution in [0.3, 0.4) is 0 Å². The molecule has 1 aliphatic rings. The zero-order valence-corrected chi connectivity index (χ0v) is 13.5. The molecule has 1 saturated heterocycles. The summed E-state index contributed by atoms with van der Waals surface area (Å²) in [5, 5.41) is 3.35. The molecule has 0 aromatic rings. The standard InChI is InChI=1S/C16H32N2O2/c1-4-11-17-16(2,15(19)20-3)10-6-9-14-18-12-7-5-8-13-18/h17H,4-14H2,1-3H3. The number of esters is 1. The van der Waals surface area contributed by atoms with Crippen LogP contribution >= 0.6 is 0 Å². The van der Waals surface area contributed by atoms with Gasteiger partial charge in [0, 0.05) is 0 Å². The van der Waals surface area contributed by atoms with Gasteiger partial charge in [-0.1, -0.05) is 13.3 Å². The van der Waals surface area contributed by atoms with E-state index in [9.17, 15) is 4.79 Å². The SMILES string of the molecule is CCCNC(C)(CCCCN1CCCCC1)C(=O)OC. The molecule has 4 heteroatoms. The Balaban J connectivity index is 2.28. The second-order valence-corrected chi connectivity index (χ2v) is 6.11. The largest absolute Gasteiger partial charge is 0.468 e. The number of ether oxygens (including phenoxy) is 1. The molecule has 1 atom stereocenters. The molecule has 0 aliphatic carbocycles. The molecule has 0 radical (unpaired) electrons. The molecule has 118 valence electrons. The molecule has 4 nitrogen and oxygen atoms in total. The van der Waals surface area contributed by atoms with Crippen molar-refractivity contribution in [3.8, 4) is 0 Å². The number of likely N-dealkylation sites (tertiary alicyclic amines) is 1. The predicted octanol–water partition coefficient (Wildman–Crippen LogP) is 2.57. The van der Waals surface area contributed by atoms with Crippen LogP contribution in [0, 0.1) is 0 Å². The van der Waals surface area contributed by atoms with Crippen molar-refractivity contribution in [3.63, 3.8) is 0 Å². The minimum atomic E-state index is -0.521. The van der Waals surface area contributed by atoms with Gasteiger partial charge >= 0.3 is 5.97 Å². The Bertz CT molecular complexity index is 278. The molecule has 1 fully saturated rings. The summed E-state index contributed by atoms with van der Waals surface area (Å²) >= 11 is 0. The van der Waals surface area contributed by atoms with Gasteiger partial charge in [0.05, 0.1) is 7.11 Å². The number of hydrogen-bond donors (Lipinski definition) is 1. The Labute approximate surface area is 124 Å². The van der Waals surface area contributed by atoms with Crippen LogP contribution in [0.4, 0.5) is 0 Å². The fourth-order valence-corrected chi connectivity index (χ4v) is 2.89. The summed E-state index contributed by atoms with van der Waals surface area (Å²) in [7, 11) is 1.47. The third-order valence-electron chi connectivity index (χ3n) is 4.25. The van der Waals surface area contributed by atoms with Crippen LogP contribution < -0.4 is 5.32 Å². The summed E-state index contributed by atoms with van der Waals surface area (Å²) in [5.74, 6) is -0.135. The first kappa shape index (κ1) is 17.4. The van der Waals surface area contributed by atoms with Crippen molar-refractivity contribution in [2.24, 2.45) is 0 Å². The van der Waals surface area contributed by atoms with E-state index in [2.05, 4.69) is 17.1 Å². The van der Waals surface area contributed by atoms with Crippen molar-refractivity contribution < 1.29 is 9.53 Å². The third-order valence-corrected chi connectivity index (χ3v) is 4.25. The van der Waals surface area contributed by atoms with E-state index in [0.717, 1.165) is 25.8 Å². The topological polar surface area (TPSA) is 41.6 Å². The van der Waals surface area contributed by atoms with Crippen LogP contribution in [0.15, 0.2) is 0 Å². The lowest BCUT2D eigenvalue weighted by atomic mass is 9.94. The van der Waals surface area contributed by atoms with Gasteiger partial charge in [0.25, 0.3) is 0 Å². The fourth-order valence-electron chi connectivity index (χ4n) is 2.89. The molecule has 1 rings (SSSR count). The summed E-state index contributed by atoms with van der Waals surface area (Å²) < 4.78 is 4.95. The number of methoxy groups -OCH3 is 1. The van der Waals surface area contributed by atoms with Crippen LogP contribution in [-0.4, -0.2) is 49.7 Å². The smallest absolute Gasteiger partial charge is 0.325 e. The molecule has 0 bridgehead atoms. The van der Waals surface area contributed by atoms with E-state index in [4.69, 9.17) is 4.74 Å². The molecule has 0 amide bonds. The van der Waals surface area contributed by atoms with Crippen LogP contribution in [0.25, 0.3) is 0 Å². The lowest BCUT2D eigenvalue weighted by Crippen LogP contribution is -2.50. The van der Waals surface area contributed by atoms with E-state index in [1.165, 1.54) is 52.4 Å². The maximum Gasteiger partial charge on any atom is 0.325 e. The number of carbonyl (C=O) groups is 1. The molecule has 0 aromatic heterocycles. The van der Waals surface area contributed by atoms with Crippen molar-refractivity contribution in [2.45, 2.75) is 64.3 Å². The molecule has 1 N–H and O–H groups in total. The highest BCUT2D eigenvalue weighted by Gasteiger charge is 2.32. The highest BCUT2D eigenvalue weighted by molar-refractivity contribution is 5.80. The molecule has 0 spiro atoms. The van der Waals surface area contributed by atoms with Gasteiger partial charge in [-0.3, -0.25) is 4.79 Å². The zero-order valence-electron chi connectivity index (χ0n) is 13.5. The highest BCUT2D eigenvalue weighted by atomic mass is 16.5. The molecular formula is C16H32N2O2. The second-order valence-electron chi connectivity index (χ2n) is 6.11. The first-order chi connectivity index (χ1) is 9.62. The summed E-state index contributed by atoms with van der Waals surface area (Å²) in [6, 6.07) is 0. The lowest BCUT2D eigenvalue weighted by molar-refractivity contribution is -0.148. The monoisotopic (exact) mass is 284 g/mol. The van der Waals surface area contributed by atoms with E-state index >= 15 is 0 Å². The van der Waals surface area contributed by atoms with Crippen molar-refractivity contribution in [3.05, 3.63) is 0 Å². The number of carbonyl (C=O) groups excluding carboxylic acids is 1. The Morgan fingerprint density at radius 1 is 1.25 bits per heavy atom. The molecule has 1 aliphatic heterocycles. The average Bonchev–Trinajstić information content (AvgIpc) is 2.49. The molecule has 20 heavy (non-hydrogen) atoms. The average molecular weight is 284 g/mol. The molecule has 0 aromatic carbocycles. The Morgan fingerprint density at radius 3 is 2.55 bits per heavy atom. The number of nitrogens with zero attached hydrogens (tertiary/aromatic N) is 1. The predicted molar refractivity (Wildman–Crippen MR) is 82.9 cm³/mol. The van der Waals surface area contributed by atoms with E-state index < -0.39 is 5.54 Å². The summed E-state index contributed by atoms with van der Waals surface area (Å²) in [6.45, 7) is 8.61. The van der Waals surface area contributed by atoms with E-state index in [0.29, 0.717) is 0 Å². The lowest BCUT2D eigenvalue weighted by Gasteiger charge is -2.29. The van der Waals surface area contributed by atoms with E-state index in [1.807, 2.05) is 6.92 Å². The van der Waals surface area contributed by atoms with Crippen molar-refractivity contribution in [1.82, 2.24) is 10.2 Å². The molecular weight excluding hydrogens is 252 g/mol. The maximum atomic E-state index is 11.9. The van der Waals surface area contributed by atoms with Gasteiger partial charge < -0.3 is 15.0 Å². The third kappa shape index (κ3) is 5.80. The molecule has 1 heterocycles. The first-order valence-electron chi connectivity index (χ1n) is 8.18. The van der Waals surface area contributed by atoms with Crippen LogP contribution in [0.1, 0.15) is 58.8 Å². The minimum absolute atomic E-state index is 0.135. The van der Waals surface area contributed by atoms with E-state index in [-0.39, 0.29) is 5.97 Å². The van der Waals surface area contributed by atoms with Gasteiger partial charge in [0.1, 0.15) is 5.54 Å². The van der Waals surface area contributed by atoms with Crippen LogP contribution in [-0.2, 0) is 9.53 Å². The van der Waals surface area contributed by atoms with E-state index in [1.54, 1.807) is 0 Å². The number of piperidine rings is 1. The first-order valence-corrected chi connectivity index (χ1v) is 8.18. The fraction of sp³-hybridized carbons (Fsp3) is 0.938. The van der Waals surface area contributed by atoms with Crippen molar-refractivity contribution in [2.75, 3.05) is 33.3 Å². The normalized spacial score (nSPS) is 19.6. The minimum Gasteiger partial charge on any atom is -0.468 e. The Morgan fingerprint density at radius 2 is 1.95 bits per heavy atom. The number of unbranched alkanes of at least 4 members (excludes halogenated alkanes) is 1. The second kappa shape index (κ2) is 9.35. The maximum absolute atomic E-state index is 11.9. The van der Waals surface area contributed by atoms with Crippen molar-refractivity contribution >= 4 is 5.97 Å². The summed E-state index contributed by atoms with van der Waals surface area (Å²) in [4.78, 5) is 14.5. The quantitative estimate of drug-likeness (QED) is 0.522. The van der Waals surface area contributed by atoms with Gasteiger partial charge in [-0.15, -0.1) is 0 Å². The zero-order chi connectivity index (χ0) is 14.8. The van der Waals surface area contributed by atoms with Gasteiger partial charge in [0.15, 0.2) is 0 Å². The Kier molecular flexibility index (Phi) is 8.15. The van der Waals surface area contributed by atoms with Crippen LogP contribution in [0.5, 0.6) is 0 Å². The summed E-state index contributed by atoms with van der Waals surface area (Å²) in [6.07, 6.45) is 8.20.